The summed E-state index contributed by atoms with van der Waals surface area (Å²) in [6.45, 7) is 0. The van der Waals surface area contributed by atoms with E-state index in [0.717, 1.165) is 21.2 Å². The monoisotopic (exact) mass is 439 g/mol. The molecule has 8 heteroatoms. The summed E-state index contributed by atoms with van der Waals surface area (Å²) >= 11 is 7.33. The van der Waals surface area contributed by atoms with Crippen LogP contribution in [0.25, 0.3) is 21.8 Å². The van der Waals surface area contributed by atoms with Crippen molar-refractivity contribution in [2.24, 2.45) is 0 Å². The van der Waals surface area contributed by atoms with Crippen molar-refractivity contribution in [1.82, 2.24) is 15.3 Å². The quantitative estimate of drug-likeness (QED) is 0.374. The number of fused-ring (bicyclic) bond motifs is 2. The standard InChI is InChI=1S/C22H18ClN3O3S/c23-15-6-8-17-18(10-15)25-20(24-17)11-19(22(28)29)26-21(27)12-30-16-7-5-13-3-1-2-4-14(13)9-16/h1-10,19H,11-12H2,(H,24,25)(H,26,27)(H,28,29)/t19-/m1/s1. The van der Waals surface area contributed by atoms with Gasteiger partial charge in [0.25, 0.3) is 0 Å². The van der Waals surface area contributed by atoms with Crippen molar-refractivity contribution in [3.8, 4) is 0 Å². The predicted molar refractivity (Wildman–Crippen MR) is 119 cm³/mol. The molecule has 1 heterocycles. The lowest BCUT2D eigenvalue weighted by Crippen LogP contribution is -2.43. The van der Waals surface area contributed by atoms with Gasteiger partial charge < -0.3 is 15.4 Å². The number of rotatable bonds is 7. The number of thioether (sulfide) groups is 1. The second-order valence-electron chi connectivity index (χ2n) is 6.81. The summed E-state index contributed by atoms with van der Waals surface area (Å²) in [5.41, 5.74) is 1.41. The van der Waals surface area contributed by atoms with Crippen LogP contribution in [0.4, 0.5) is 0 Å². The Morgan fingerprint density at radius 2 is 1.90 bits per heavy atom. The second-order valence-corrected chi connectivity index (χ2v) is 8.29. The summed E-state index contributed by atoms with van der Waals surface area (Å²) in [7, 11) is 0. The molecule has 0 aliphatic rings. The normalized spacial score (nSPS) is 12.2. The molecule has 1 aromatic heterocycles. The number of halogens is 1. The zero-order valence-electron chi connectivity index (χ0n) is 15.8. The summed E-state index contributed by atoms with van der Waals surface area (Å²) in [5, 5.41) is 14.9. The number of carboxylic acid groups (broad SMARTS) is 1. The van der Waals surface area contributed by atoms with Crippen LogP contribution < -0.4 is 5.32 Å². The molecule has 0 aliphatic heterocycles. The number of amides is 1. The maximum Gasteiger partial charge on any atom is 0.326 e. The number of carbonyl (C=O) groups excluding carboxylic acids is 1. The van der Waals surface area contributed by atoms with Crippen molar-refractivity contribution in [2.75, 3.05) is 5.75 Å². The van der Waals surface area contributed by atoms with Gasteiger partial charge in [-0.2, -0.15) is 0 Å². The van der Waals surface area contributed by atoms with E-state index in [1.165, 1.54) is 11.8 Å². The van der Waals surface area contributed by atoms with E-state index in [1.807, 2.05) is 42.5 Å². The van der Waals surface area contributed by atoms with Gasteiger partial charge in [-0.25, -0.2) is 9.78 Å². The number of hydrogen-bond donors (Lipinski definition) is 3. The lowest BCUT2D eigenvalue weighted by atomic mass is 10.1. The van der Waals surface area contributed by atoms with E-state index in [4.69, 9.17) is 11.6 Å². The topological polar surface area (TPSA) is 95.1 Å². The number of aromatic amines is 1. The number of nitrogens with one attached hydrogen (secondary N) is 2. The van der Waals surface area contributed by atoms with Gasteiger partial charge in [0.2, 0.25) is 5.91 Å². The number of carbonyl (C=O) groups is 2. The molecule has 1 amide bonds. The van der Waals surface area contributed by atoms with Crippen molar-refractivity contribution in [3.05, 3.63) is 71.5 Å². The van der Waals surface area contributed by atoms with Crippen LogP contribution in [0.3, 0.4) is 0 Å². The molecular weight excluding hydrogens is 422 g/mol. The Kier molecular flexibility index (Phi) is 5.92. The van der Waals surface area contributed by atoms with Crippen molar-refractivity contribution < 1.29 is 14.7 Å². The second kappa shape index (κ2) is 8.77. The van der Waals surface area contributed by atoms with Crippen LogP contribution in [-0.4, -0.2) is 38.7 Å². The highest BCUT2D eigenvalue weighted by atomic mass is 35.5. The third-order valence-corrected chi connectivity index (χ3v) is 5.84. The van der Waals surface area contributed by atoms with E-state index in [0.29, 0.717) is 16.4 Å². The Hall–Kier alpha value is -3.03. The van der Waals surface area contributed by atoms with Gasteiger partial charge in [0.15, 0.2) is 0 Å². The van der Waals surface area contributed by atoms with E-state index in [2.05, 4.69) is 15.3 Å². The first-order valence-electron chi connectivity index (χ1n) is 9.26. The first-order valence-corrected chi connectivity index (χ1v) is 10.6. The minimum absolute atomic E-state index is 0.0496. The van der Waals surface area contributed by atoms with Gasteiger partial charge in [-0.05, 0) is 41.1 Å². The van der Waals surface area contributed by atoms with E-state index in [-0.39, 0.29) is 18.1 Å². The predicted octanol–water partition coefficient (Wildman–Crippen LogP) is 4.27. The van der Waals surface area contributed by atoms with Crippen LogP contribution in [0, 0.1) is 0 Å². The Morgan fingerprint density at radius 3 is 2.70 bits per heavy atom. The Morgan fingerprint density at radius 1 is 1.10 bits per heavy atom. The van der Waals surface area contributed by atoms with Crippen LogP contribution in [0.2, 0.25) is 5.02 Å². The number of aliphatic carboxylic acids is 1. The minimum Gasteiger partial charge on any atom is -0.480 e. The molecule has 0 spiro atoms. The summed E-state index contributed by atoms with van der Waals surface area (Å²) in [6.07, 6.45) is 0.0496. The molecule has 0 saturated carbocycles. The number of imidazole rings is 1. The number of nitrogens with zero attached hydrogens (tertiary/aromatic N) is 1. The van der Waals surface area contributed by atoms with Crippen molar-refractivity contribution in [3.63, 3.8) is 0 Å². The Bertz CT molecular complexity index is 1240. The van der Waals surface area contributed by atoms with Gasteiger partial charge in [0.1, 0.15) is 11.9 Å². The highest BCUT2D eigenvalue weighted by molar-refractivity contribution is 8.00. The lowest BCUT2D eigenvalue weighted by molar-refractivity contribution is -0.141. The maximum absolute atomic E-state index is 12.4. The largest absolute Gasteiger partial charge is 0.480 e. The van der Waals surface area contributed by atoms with Crippen LogP contribution >= 0.6 is 23.4 Å². The third kappa shape index (κ3) is 4.75. The van der Waals surface area contributed by atoms with Gasteiger partial charge in [0, 0.05) is 16.3 Å². The third-order valence-electron chi connectivity index (χ3n) is 4.61. The van der Waals surface area contributed by atoms with Gasteiger partial charge in [-0.3, -0.25) is 4.79 Å². The summed E-state index contributed by atoms with van der Waals surface area (Å²) < 4.78 is 0. The smallest absolute Gasteiger partial charge is 0.326 e. The zero-order chi connectivity index (χ0) is 21.1. The Labute approximate surface area is 181 Å². The number of aromatic nitrogens is 2. The first kappa shape index (κ1) is 20.3. The molecule has 0 fully saturated rings. The molecule has 0 aliphatic carbocycles. The maximum atomic E-state index is 12.4. The highest BCUT2D eigenvalue weighted by Gasteiger charge is 2.22. The molecule has 1 atom stereocenters. The first-order chi connectivity index (χ1) is 14.5. The molecule has 30 heavy (non-hydrogen) atoms. The van der Waals surface area contributed by atoms with E-state index >= 15 is 0 Å². The number of benzene rings is 3. The molecule has 152 valence electrons. The van der Waals surface area contributed by atoms with E-state index in [1.54, 1.807) is 18.2 Å². The molecule has 3 aromatic carbocycles. The van der Waals surface area contributed by atoms with Gasteiger partial charge in [-0.1, -0.05) is 41.9 Å². The van der Waals surface area contributed by atoms with Crippen LogP contribution in [0.15, 0.2) is 65.6 Å². The molecule has 6 nitrogen and oxygen atoms in total. The molecule has 4 aromatic rings. The number of hydrogen-bond acceptors (Lipinski definition) is 4. The fourth-order valence-corrected chi connectivity index (χ4v) is 4.09. The minimum atomic E-state index is -1.11. The summed E-state index contributed by atoms with van der Waals surface area (Å²) in [4.78, 5) is 32.4. The number of H-pyrrole nitrogens is 1. The SMILES string of the molecule is O=C(CSc1ccc2ccccc2c1)N[C@H](Cc1nc2ccc(Cl)cc2[nH]1)C(=O)O. The summed E-state index contributed by atoms with van der Waals surface area (Å²) in [5.74, 6) is -0.864. The fraction of sp³-hybridized carbons (Fsp3) is 0.136. The molecular formula is C22H18ClN3O3S. The lowest BCUT2D eigenvalue weighted by Gasteiger charge is -2.13. The van der Waals surface area contributed by atoms with Crippen molar-refractivity contribution >= 4 is 57.0 Å². The number of carboxylic acids is 1. The van der Waals surface area contributed by atoms with E-state index < -0.39 is 12.0 Å². The molecule has 3 N–H and O–H groups in total. The highest BCUT2D eigenvalue weighted by Crippen LogP contribution is 2.23. The van der Waals surface area contributed by atoms with Crippen LogP contribution in [0.5, 0.6) is 0 Å². The van der Waals surface area contributed by atoms with Crippen molar-refractivity contribution in [2.45, 2.75) is 17.4 Å². The average Bonchev–Trinajstić information content (AvgIpc) is 3.13. The van der Waals surface area contributed by atoms with Gasteiger partial charge >= 0.3 is 5.97 Å². The van der Waals surface area contributed by atoms with Gasteiger partial charge in [-0.15, -0.1) is 11.8 Å². The van der Waals surface area contributed by atoms with Gasteiger partial charge in [0.05, 0.1) is 16.8 Å². The molecule has 0 saturated heterocycles. The summed E-state index contributed by atoms with van der Waals surface area (Å²) in [6, 6.07) is 18.1. The van der Waals surface area contributed by atoms with Crippen LogP contribution in [0.1, 0.15) is 5.82 Å². The average molecular weight is 440 g/mol. The van der Waals surface area contributed by atoms with Crippen molar-refractivity contribution in [1.29, 1.82) is 0 Å². The zero-order valence-corrected chi connectivity index (χ0v) is 17.3. The fourth-order valence-electron chi connectivity index (χ4n) is 3.17. The molecule has 0 unspecified atom stereocenters. The molecule has 4 rings (SSSR count). The van der Waals surface area contributed by atoms with E-state index in [9.17, 15) is 14.7 Å². The molecule has 0 bridgehead atoms. The van der Waals surface area contributed by atoms with Crippen LogP contribution in [-0.2, 0) is 16.0 Å². The Balaban J connectivity index is 1.39. The molecule has 0 radical (unpaired) electrons.